The Morgan fingerprint density at radius 3 is 2.90 bits per heavy atom. The molecule has 0 aromatic rings. The molecule has 1 amide bonds. The van der Waals surface area contributed by atoms with Crippen LogP contribution in [0, 0.1) is 0 Å². The van der Waals surface area contributed by atoms with Crippen molar-refractivity contribution in [2.75, 3.05) is 13.6 Å². The first kappa shape index (κ1) is 7.47. The Morgan fingerprint density at radius 2 is 2.40 bits per heavy atom. The fourth-order valence-electron chi connectivity index (χ4n) is 0.993. The molecule has 1 aliphatic heterocycles. The number of likely N-dealkylation sites (tertiary alicyclic amines) is 1. The van der Waals surface area contributed by atoms with Gasteiger partial charge in [0.2, 0.25) is 0 Å². The summed E-state index contributed by atoms with van der Waals surface area (Å²) in [5.74, 6) is -0.487. The minimum Gasteiger partial charge on any atom is -0.343 e. The van der Waals surface area contributed by atoms with Gasteiger partial charge < -0.3 is 10.6 Å². The number of nitrogens with zero attached hydrogens (tertiary/aromatic N) is 1. The largest absolute Gasteiger partial charge is 0.343 e. The summed E-state index contributed by atoms with van der Waals surface area (Å²) in [5, 5.41) is 0. The SMILES string of the molecule is CN1CCC(N)C(F)C1=O. The lowest BCUT2D eigenvalue weighted by atomic mass is 10.0. The number of piperidine rings is 1. The first-order chi connectivity index (χ1) is 4.63. The average molecular weight is 146 g/mol. The van der Waals surface area contributed by atoms with Crippen molar-refractivity contribution in [1.82, 2.24) is 4.90 Å². The topological polar surface area (TPSA) is 46.3 Å². The number of amides is 1. The third-order valence-electron chi connectivity index (χ3n) is 1.79. The van der Waals surface area contributed by atoms with Crippen molar-refractivity contribution in [1.29, 1.82) is 0 Å². The van der Waals surface area contributed by atoms with Crippen LogP contribution in [0.1, 0.15) is 6.42 Å². The number of hydrogen-bond donors (Lipinski definition) is 1. The third kappa shape index (κ3) is 1.11. The molecular weight excluding hydrogens is 135 g/mol. The molecule has 0 saturated carbocycles. The zero-order valence-electron chi connectivity index (χ0n) is 5.88. The third-order valence-corrected chi connectivity index (χ3v) is 1.79. The molecule has 1 fully saturated rings. The van der Waals surface area contributed by atoms with Crippen molar-refractivity contribution in [3.8, 4) is 0 Å². The molecule has 2 N–H and O–H groups in total. The predicted octanol–water partition coefficient (Wildman–Crippen LogP) is -0.486. The summed E-state index contributed by atoms with van der Waals surface area (Å²) in [5.41, 5.74) is 5.31. The molecule has 1 aliphatic rings. The van der Waals surface area contributed by atoms with Gasteiger partial charge in [0.25, 0.3) is 5.91 Å². The van der Waals surface area contributed by atoms with Gasteiger partial charge in [-0.2, -0.15) is 0 Å². The van der Waals surface area contributed by atoms with E-state index in [1.807, 2.05) is 0 Å². The van der Waals surface area contributed by atoms with Gasteiger partial charge in [0.15, 0.2) is 6.17 Å². The monoisotopic (exact) mass is 146 g/mol. The van der Waals surface area contributed by atoms with E-state index in [9.17, 15) is 9.18 Å². The van der Waals surface area contributed by atoms with Crippen molar-refractivity contribution in [3.05, 3.63) is 0 Å². The summed E-state index contributed by atoms with van der Waals surface area (Å²) in [4.78, 5) is 12.2. The van der Waals surface area contributed by atoms with Crippen molar-refractivity contribution in [3.63, 3.8) is 0 Å². The second-order valence-corrected chi connectivity index (χ2v) is 2.61. The van der Waals surface area contributed by atoms with E-state index in [2.05, 4.69) is 0 Å². The highest BCUT2D eigenvalue weighted by atomic mass is 19.1. The zero-order valence-corrected chi connectivity index (χ0v) is 5.88. The molecule has 0 spiro atoms. The maximum absolute atomic E-state index is 12.7. The van der Waals surface area contributed by atoms with Crippen LogP contribution < -0.4 is 5.73 Å². The van der Waals surface area contributed by atoms with Crippen LogP contribution in [0.2, 0.25) is 0 Å². The highest BCUT2D eigenvalue weighted by Gasteiger charge is 2.32. The first-order valence-electron chi connectivity index (χ1n) is 3.27. The molecule has 58 valence electrons. The fourth-order valence-corrected chi connectivity index (χ4v) is 0.993. The first-order valence-corrected chi connectivity index (χ1v) is 3.27. The van der Waals surface area contributed by atoms with Crippen LogP contribution in [0.3, 0.4) is 0 Å². The molecule has 0 bridgehead atoms. The van der Waals surface area contributed by atoms with Crippen LogP contribution in [0.4, 0.5) is 4.39 Å². The van der Waals surface area contributed by atoms with E-state index < -0.39 is 18.1 Å². The van der Waals surface area contributed by atoms with Crippen LogP contribution in [0.25, 0.3) is 0 Å². The van der Waals surface area contributed by atoms with Gasteiger partial charge in [-0.15, -0.1) is 0 Å². The van der Waals surface area contributed by atoms with E-state index >= 15 is 0 Å². The normalized spacial score (nSPS) is 34.7. The Bertz CT molecular complexity index is 151. The number of carbonyl (C=O) groups is 1. The molecule has 0 aromatic carbocycles. The number of hydrogen-bond acceptors (Lipinski definition) is 2. The minimum absolute atomic E-state index is 0.487. The maximum Gasteiger partial charge on any atom is 0.258 e. The van der Waals surface area contributed by atoms with Crippen LogP contribution in [0.5, 0.6) is 0 Å². The fraction of sp³-hybridized carbons (Fsp3) is 0.833. The van der Waals surface area contributed by atoms with E-state index in [0.29, 0.717) is 13.0 Å². The lowest BCUT2D eigenvalue weighted by molar-refractivity contribution is -0.138. The molecule has 0 radical (unpaired) electrons. The van der Waals surface area contributed by atoms with Crippen LogP contribution in [0.15, 0.2) is 0 Å². The highest BCUT2D eigenvalue weighted by Crippen LogP contribution is 2.11. The summed E-state index contributed by atoms with van der Waals surface area (Å²) < 4.78 is 12.7. The van der Waals surface area contributed by atoms with Crippen LogP contribution in [-0.4, -0.2) is 36.6 Å². The van der Waals surface area contributed by atoms with Gasteiger partial charge in [0, 0.05) is 19.6 Å². The van der Waals surface area contributed by atoms with Crippen LogP contribution >= 0.6 is 0 Å². The summed E-state index contributed by atoms with van der Waals surface area (Å²) >= 11 is 0. The molecule has 0 aliphatic carbocycles. The quantitative estimate of drug-likeness (QED) is 0.501. The number of nitrogens with two attached hydrogens (primary N) is 1. The molecular formula is C6H11FN2O. The number of alkyl halides is 1. The van der Waals surface area contributed by atoms with Crippen molar-refractivity contribution >= 4 is 5.91 Å². The smallest absolute Gasteiger partial charge is 0.258 e. The summed E-state index contributed by atoms with van der Waals surface area (Å²) in [6.45, 7) is 0.570. The molecule has 0 aromatic heterocycles. The molecule has 1 saturated heterocycles. The molecule has 1 rings (SSSR count). The lowest BCUT2D eigenvalue weighted by Crippen LogP contribution is -2.51. The highest BCUT2D eigenvalue weighted by molar-refractivity contribution is 5.82. The van der Waals surface area contributed by atoms with Gasteiger partial charge >= 0.3 is 0 Å². The molecule has 2 atom stereocenters. The van der Waals surface area contributed by atoms with Gasteiger partial charge in [-0.3, -0.25) is 4.79 Å². The van der Waals surface area contributed by atoms with E-state index in [0.717, 1.165) is 0 Å². The van der Waals surface area contributed by atoms with Gasteiger partial charge in [-0.25, -0.2) is 4.39 Å². The molecule has 1 heterocycles. The van der Waals surface area contributed by atoms with Crippen molar-refractivity contribution in [2.24, 2.45) is 5.73 Å². The molecule has 4 heteroatoms. The number of halogens is 1. The van der Waals surface area contributed by atoms with Gasteiger partial charge in [-0.1, -0.05) is 0 Å². The lowest BCUT2D eigenvalue weighted by Gasteiger charge is -2.29. The molecule has 2 unspecified atom stereocenters. The van der Waals surface area contributed by atoms with Crippen LogP contribution in [-0.2, 0) is 4.79 Å². The average Bonchev–Trinajstić information content (AvgIpc) is 1.93. The number of carbonyl (C=O) groups excluding carboxylic acids is 1. The summed E-state index contributed by atoms with van der Waals surface area (Å²) in [6.07, 6.45) is -0.928. The minimum atomic E-state index is -1.49. The second kappa shape index (κ2) is 2.54. The maximum atomic E-state index is 12.7. The van der Waals surface area contributed by atoms with Gasteiger partial charge in [0.1, 0.15) is 0 Å². The van der Waals surface area contributed by atoms with E-state index in [1.54, 1.807) is 7.05 Å². The van der Waals surface area contributed by atoms with E-state index in [4.69, 9.17) is 5.73 Å². The Hall–Kier alpha value is -0.640. The second-order valence-electron chi connectivity index (χ2n) is 2.61. The zero-order chi connectivity index (χ0) is 7.72. The Balaban J connectivity index is 2.60. The number of rotatable bonds is 0. The predicted molar refractivity (Wildman–Crippen MR) is 35.1 cm³/mol. The van der Waals surface area contributed by atoms with Crippen molar-refractivity contribution in [2.45, 2.75) is 18.6 Å². The van der Waals surface area contributed by atoms with Crippen molar-refractivity contribution < 1.29 is 9.18 Å². The summed E-state index contributed by atoms with van der Waals surface area (Å²) in [6, 6.07) is -0.594. The standard InChI is InChI=1S/C6H11FN2O/c1-9-3-2-4(8)5(7)6(9)10/h4-5H,2-3,8H2,1H3. The van der Waals surface area contributed by atoms with Gasteiger partial charge in [-0.05, 0) is 6.42 Å². The van der Waals surface area contributed by atoms with E-state index in [1.165, 1.54) is 4.90 Å². The summed E-state index contributed by atoms with van der Waals surface area (Å²) in [7, 11) is 1.58. The Morgan fingerprint density at radius 1 is 1.80 bits per heavy atom. The Kier molecular flexibility index (Phi) is 1.89. The molecule has 3 nitrogen and oxygen atoms in total. The van der Waals surface area contributed by atoms with E-state index in [-0.39, 0.29) is 0 Å². The molecule has 10 heavy (non-hydrogen) atoms. The Labute approximate surface area is 59.0 Å². The van der Waals surface area contributed by atoms with Gasteiger partial charge in [0.05, 0.1) is 0 Å².